The Morgan fingerprint density at radius 2 is 2.00 bits per heavy atom. The van der Waals surface area contributed by atoms with E-state index in [1.807, 2.05) is 13.8 Å². The molecule has 0 aliphatic rings. The third-order valence-electron chi connectivity index (χ3n) is 2.84. The molecule has 2 aromatic rings. The van der Waals surface area contributed by atoms with Gasteiger partial charge in [0.15, 0.2) is 11.8 Å². The van der Waals surface area contributed by atoms with Gasteiger partial charge in [-0.15, -0.1) is 35.3 Å². The van der Waals surface area contributed by atoms with Gasteiger partial charge in [0, 0.05) is 24.9 Å². The number of nitrogens with one attached hydrogen (secondary N) is 2. The molecule has 0 fully saturated rings. The zero-order valence-electron chi connectivity index (χ0n) is 13.1. The average Bonchev–Trinajstić information content (AvgIpc) is 2.99. The van der Waals surface area contributed by atoms with Gasteiger partial charge in [0.25, 0.3) is 0 Å². The van der Waals surface area contributed by atoms with Crippen LogP contribution in [0.4, 0.5) is 0 Å². The monoisotopic (exact) mass is 436 g/mol. The minimum atomic E-state index is 0. The quantitative estimate of drug-likeness (QED) is 0.424. The van der Waals surface area contributed by atoms with Gasteiger partial charge in [-0.05, 0) is 20.8 Å². The van der Waals surface area contributed by atoms with Gasteiger partial charge in [0.05, 0.1) is 17.2 Å². The molecule has 0 atom stereocenters. The van der Waals surface area contributed by atoms with Crippen LogP contribution in [-0.2, 0) is 13.0 Å². The third kappa shape index (κ3) is 5.52. The van der Waals surface area contributed by atoms with E-state index >= 15 is 0 Å². The molecule has 0 saturated heterocycles. The lowest BCUT2D eigenvalue weighted by Crippen LogP contribution is -2.37. The van der Waals surface area contributed by atoms with Crippen LogP contribution in [0.3, 0.4) is 0 Å². The predicted octanol–water partition coefficient (Wildman–Crippen LogP) is 1.98. The van der Waals surface area contributed by atoms with E-state index < -0.39 is 0 Å². The topological polar surface area (TPSA) is 88.2 Å². The Bertz CT molecular complexity index is 624. The first kappa shape index (κ1) is 18.8. The summed E-state index contributed by atoms with van der Waals surface area (Å²) >= 11 is 1.70. The minimum absolute atomic E-state index is 0. The standard InChI is InChI=1S/C13H20N6OS.HI/c1-8-11(21-10(3)17-8)7-16-13(14-4)15-6-5-12-18-9(2)19-20-12;/h5-7H2,1-4H3,(H2,14,15,16);1H. The molecule has 122 valence electrons. The van der Waals surface area contributed by atoms with Gasteiger partial charge in [-0.2, -0.15) is 4.98 Å². The Kier molecular flexibility index (Phi) is 7.73. The lowest BCUT2D eigenvalue weighted by molar-refractivity contribution is 0.374. The Balaban J connectivity index is 0.00000242. The molecule has 0 saturated carbocycles. The van der Waals surface area contributed by atoms with Crippen LogP contribution in [-0.4, -0.2) is 34.7 Å². The normalized spacial score (nSPS) is 11.2. The smallest absolute Gasteiger partial charge is 0.228 e. The van der Waals surface area contributed by atoms with Crippen molar-refractivity contribution in [2.75, 3.05) is 13.6 Å². The molecule has 0 unspecified atom stereocenters. The second-order valence-electron chi connectivity index (χ2n) is 4.58. The van der Waals surface area contributed by atoms with Crippen molar-refractivity contribution in [3.8, 4) is 0 Å². The summed E-state index contributed by atoms with van der Waals surface area (Å²) in [7, 11) is 1.75. The zero-order valence-corrected chi connectivity index (χ0v) is 16.3. The maximum Gasteiger partial charge on any atom is 0.228 e. The Morgan fingerprint density at radius 1 is 1.23 bits per heavy atom. The van der Waals surface area contributed by atoms with Crippen molar-refractivity contribution in [1.29, 1.82) is 0 Å². The first-order valence-corrected chi connectivity index (χ1v) is 7.56. The van der Waals surface area contributed by atoms with E-state index in [1.54, 1.807) is 25.3 Å². The van der Waals surface area contributed by atoms with Crippen molar-refractivity contribution in [3.63, 3.8) is 0 Å². The van der Waals surface area contributed by atoms with Crippen molar-refractivity contribution < 1.29 is 4.52 Å². The van der Waals surface area contributed by atoms with Crippen LogP contribution < -0.4 is 10.6 Å². The molecule has 0 amide bonds. The number of hydrogen-bond acceptors (Lipinski definition) is 6. The second-order valence-corrected chi connectivity index (χ2v) is 5.87. The lowest BCUT2D eigenvalue weighted by Gasteiger charge is -2.10. The molecule has 22 heavy (non-hydrogen) atoms. The molecule has 2 rings (SSSR count). The van der Waals surface area contributed by atoms with Crippen LogP contribution in [0.25, 0.3) is 0 Å². The summed E-state index contributed by atoms with van der Waals surface area (Å²) in [4.78, 5) is 14.0. The molecular formula is C13H21IN6OS. The highest BCUT2D eigenvalue weighted by molar-refractivity contribution is 14.0. The molecule has 2 N–H and O–H groups in total. The lowest BCUT2D eigenvalue weighted by atomic mass is 10.4. The Labute approximate surface area is 151 Å². The molecule has 0 aromatic carbocycles. The second kappa shape index (κ2) is 9.03. The first-order chi connectivity index (χ1) is 10.1. The summed E-state index contributed by atoms with van der Waals surface area (Å²) < 4.78 is 5.06. The number of aryl methyl sites for hydroxylation is 3. The number of guanidine groups is 1. The fourth-order valence-electron chi connectivity index (χ4n) is 1.85. The van der Waals surface area contributed by atoms with Gasteiger partial charge in [0.2, 0.25) is 5.89 Å². The maximum atomic E-state index is 5.06. The number of aliphatic imine (C=N–C) groups is 1. The van der Waals surface area contributed by atoms with E-state index in [0.29, 0.717) is 24.7 Å². The molecule has 0 bridgehead atoms. The van der Waals surface area contributed by atoms with Crippen LogP contribution in [0.2, 0.25) is 0 Å². The number of hydrogen-bond donors (Lipinski definition) is 2. The summed E-state index contributed by atoms with van der Waals surface area (Å²) in [6, 6.07) is 0. The van der Waals surface area contributed by atoms with Gasteiger partial charge in [-0.3, -0.25) is 4.99 Å². The summed E-state index contributed by atoms with van der Waals surface area (Å²) in [6.45, 7) is 7.24. The van der Waals surface area contributed by atoms with Gasteiger partial charge >= 0.3 is 0 Å². The predicted molar refractivity (Wildman–Crippen MR) is 97.9 cm³/mol. The summed E-state index contributed by atoms with van der Waals surface area (Å²) in [5, 5.41) is 11.3. The van der Waals surface area contributed by atoms with Crippen LogP contribution in [0.5, 0.6) is 0 Å². The van der Waals surface area contributed by atoms with Gasteiger partial charge in [-0.25, -0.2) is 4.98 Å². The van der Waals surface area contributed by atoms with Gasteiger partial charge < -0.3 is 15.2 Å². The molecule has 0 spiro atoms. The van der Waals surface area contributed by atoms with E-state index in [0.717, 1.165) is 23.2 Å². The zero-order chi connectivity index (χ0) is 15.2. The summed E-state index contributed by atoms with van der Waals surface area (Å²) in [6.07, 6.45) is 0.667. The van der Waals surface area contributed by atoms with Crippen molar-refractivity contribution in [1.82, 2.24) is 25.8 Å². The molecule has 0 aliphatic carbocycles. The maximum absolute atomic E-state index is 5.06. The summed E-state index contributed by atoms with van der Waals surface area (Å²) in [5.74, 6) is 2.03. The number of rotatable bonds is 5. The number of nitrogens with zero attached hydrogens (tertiary/aromatic N) is 4. The number of thiazole rings is 1. The highest BCUT2D eigenvalue weighted by Crippen LogP contribution is 2.16. The molecular weight excluding hydrogens is 415 g/mol. The molecule has 0 radical (unpaired) electrons. The molecule has 9 heteroatoms. The number of halogens is 1. The van der Waals surface area contributed by atoms with Crippen molar-refractivity contribution in [2.24, 2.45) is 4.99 Å². The average molecular weight is 436 g/mol. The fourth-order valence-corrected chi connectivity index (χ4v) is 2.73. The first-order valence-electron chi connectivity index (χ1n) is 6.75. The highest BCUT2D eigenvalue weighted by atomic mass is 127. The van der Waals surface area contributed by atoms with E-state index in [4.69, 9.17) is 4.52 Å². The summed E-state index contributed by atoms with van der Waals surface area (Å²) in [5.41, 5.74) is 1.07. The molecule has 0 aliphatic heterocycles. The minimum Gasteiger partial charge on any atom is -0.356 e. The molecule has 2 aromatic heterocycles. The van der Waals surface area contributed by atoms with Crippen LogP contribution in [0, 0.1) is 20.8 Å². The molecule has 2 heterocycles. The van der Waals surface area contributed by atoms with E-state index in [-0.39, 0.29) is 24.0 Å². The SMILES string of the molecule is CN=C(NCCc1nc(C)no1)NCc1sc(C)nc1C.I. The number of aromatic nitrogens is 3. The van der Waals surface area contributed by atoms with E-state index in [2.05, 4.69) is 30.8 Å². The Morgan fingerprint density at radius 3 is 2.55 bits per heavy atom. The Hall–Kier alpha value is -1.23. The van der Waals surface area contributed by atoms with Crippen LogP contribution >= 0.6 is 35.3 Å². The van der Waals surface area contributed by atoms with E-state index in [9.17, 15) is 0 Å². The largest absolute Gasteiger partial charge is 0.356 e. The molecule has 7 nitrogen and oxygen atoms in total. The van der Waals surface area contributed by atoms with Crippen LogP contribution in [0.15, 0.2) is 9.52 Å². The third-order valence-corrected chi connectivity index (χ3v) is 3.91. The van der Waals surface area contributed by atoms with Crippen molar-refractivity contribution in [3.05, 3.63) is 27.3 Å². The van der Waals surface area contributed by atoms with Crippen molar-refractivity contribution >= 4 is 41.3 Å². The fraction of sp³-hybridized carbons (Fsp3) is 0.538. The van der Waals surface area contributed by atoms with Crippen molar-refractivity contribution in [2.45, 2.75) is 33.7 Å². The van der Waals surface area contributed by atoms with Crippen LogP contribution in [0.1, 0.15) is 27.3 Å². The van der Waals surface area contributed by atoms with E-state index in [1.165, 1.54) is 4.88 Å². The highest BCUT2D eigenvalue weighted by Gasteiger charge is 2.06. The van der Waals surface area contributed by atoms with Gasteiger partial charge in [0.1, 0.15) is 0 Å². The van der Waals surface area contributed by atoms with Gasteiger partial charge in [-0.1, -0.05) is 5.16 Å².